The number of aryl methyl sites for hydroxylation is 1. The molecule has 0 aliphatic rings. The van der Waals surface area contributed by atoms with Crippen molar-refractivity contribution in [2.75, 3.05) is 7.11 Å². The van der Waals surface area contributed by atoms with Gasteiger partial charge in [-0.1, -0.05) is 18.2 Å². The SMILES string of the molecule is CC=Cc1ccc(OC)cc1C. The lowest BCUT2D eigenvalue weighted by molar-refractivity contribution is 0.414. The second-order valence-corrected chi connectivity index (χ2v) is 2.72. The zero-order valence-corrected chi connectivity index (χ0v) is 7.79. The van der Waals surface area contributed by atoms with Crippen LogP contribution in [-0.2, 0) is 0 Å². The minimum Gasteiger partial charge on any atom is -0.497 e. The van der Waals surface area contributed by atoms with Gasteiger partial charge in [0.05, 0.1) is 7.11 Å². The fourth-order valence-electron chi connectivity index (χ4n) is 1.14. The summed E-state index contributed by atoms with van der Waals surface area (Å²) < 4.78 is 5.10. The lowest BCUT2D eigenvalue weighted by Gasteiger charge is -2.03. The second kappa shape index (κ2) is 3.96. The van der Waals surface area contributed by atoms with Gasteiger partial charge in [-0.05, 0) is 37.1 Å². The summed E-state index contributed by atoms with van der Waals surface area (Å²) in [4.78, 5) is 0. The fourth-order valence-corrected chi connectivity index (χ4v) is 1.14. The molecular formula is C11H14O. The molecule has 64 valence electrons. The normalized spacial score (nSPS) is 10.6. The predicted octanol–water partition coefficient (Wildman–Crippen LogP) is 3.04. The first-order valence-electron chi connectivity index (χ1n) is 4.05. The topological polar surface area (TPSA) is 9.23 Å². The Morgan fingerprint density at radius 3 is 2.58 bits per heavy atom. The molecule has 0 aromatic heterocycles. The van der Waals surface area contributed by atoms with Gasteiger partial charge >= 0.3 is 0 Å². The van der Waals surface area contributed by atoms with Crippen molar-refractivity contribution in [2.45, 2.75) is 13.8 Å². The third kappa shape index (κ3) is 1.88. The van der Waals surface area contributed by atoms with E-state index in [2.05, 4.69) is 19.1 Å². The van der Waals surface area contributed by atoms with Crippen LogP contribution in [0.3, 0.4) is 0 Å². The molecule has 1 aromatic rings. The van der Waals surface area contributed by atoms with Crippen LogP contribution in [0.15, 0.2) is 24.3 Å². The van der Waals surface area contributed by atoms with Crippen molar-refractivity contribution in [3.05, 3.63) is 35.4 Å². The van der Waals surface area contributed by atoms with Crippen LogP contribution in [0.4, 0.5) is 0 Å². The van der Waals surface area contributed by atoms with Crippen LogP contribution < -0.4 is 4.74 Å². The van der Waals surface area contributed by atoms with Gasteiger partial charge in [0.2, 0.25) is 0 Å². The summed E-state index contributed by atoms with van der Waals surface area (Å²) >= 11 is 0. The van der Waals surface area contributed by atoms with E-state index in [0.29, 0.717) is 0 Å². The number of benzene rings is 1. The quantitative estimate of drug-likeness (QED) is 0.649. The first-order chi connectivity index (χ1) is 5.77. The van der Waals surface area contributed by atoms with Gasteiger partial charge in [-0.3, -0.25) is 0 Å². The maximum absolute atomic E-state index is 5.10. The molecule has 0 saturated carbocycles. The van der Waals surface area contributed by atoms with Gasteiger partial charge in [0.25, 0.3) is 0 Å². The van der Waals surface area contributed by atoms with E-state index in [1.165, 1.54) is 11.1 Å². The van der Waals surface area contributed by atoms with Crippen molar-refractivity contribution in [1.82, 2.24) is 0 Å². The van der Waals surface area contributed by atoms with E-state index in [9.17, 15) is 0 Å². The molecule has 0 aliphatic carbocycles. The lowest BCUT2D eigenvalue weighted by Crippen LogP contribution is -1.85. The Kier molecular flexibility index (Phi) is 2.92. The van der Waals surface area contributed by atoms with Crippen LogP contribution in [0.1, 0.15) is 18.1 Å². The lowest BCUT2D eigenvalue weighted by atomic mass is 10.1. The molecule has 1 aromatic carbocycles. The van der Waals surface area contributed by atoms with Gasteiger partial charge in [-0.2, -0.15) is 0 Å². The summed E-state index contributed by atoms with van der Waals surface area (Å²) in [5.74, 6) is 0.917. The van der Waals surface area contributed by atoms with Crippen molar-refractivity contribution in [2.24, 2.45) is 0 Å². The maximum atomic E-state index is 5.10. The van der Waals surface area contributed by atoms with Gasteiger partial charge in [-0.15, -0.1) is 0 Å². The predicted molar refractivity (Wildman–Crippen MR) is 52.4 cm³/mol. The van der Waals surface area contributed by atoms with Gasteiger partial charge in [0.1, 0.15) is 5.75 Å². The molecule has 0 radical (unpaired) electrons. The Hall–Kier alpha value is -1.24. The maximum Gasteiger partial charge on any atom is 0.119 e. The van der Waals surface area contributed by atoms with Crippen molar-refractivity contribution in [1.29, 1.82) is 0 Å². The molecule has 1 nitrogen and oxygen atoms in total. The molecule has 1 heteroatoms. The van der Waals surface area contributed by atoms with E-state index in [1.54, 1.807) is 7.11 Å². The molecule has 0 amide bonds. The van der Waals surface area contributed by atoms with Crippen molar-refractivity contribution < 1.29 is 4.74 Å². The molecule has 0 spiro atoms. The summed E-state index contributed by atoms with van der Waals surface area (Å²) in [5, 5.41) is 0. The standard InChI is InChI=1S/C11H14O/c1-4-5-10-6-7-11(12-3)8-9(10)2/h4-8H,1-3H3. The molecule has 12 heavy (non-hydrogen) atoms. The van der Waals surface area contributed by atoms with Crippen molar-refractivity contribution >= 4 is 6.08 Å². The molecular weight excluding hydrogens is 148 g/mol. The van der Waals surface area contributed by atoms with E-state index < -0.39 is 0 Å². The molecule has 0 atom stereocenters. The van der Waals surface area contributed by atoms with Crippen LogP contribution in [0, 0.1) is 6.92 Å². The van der Waals surface area contributed by atoms with Crippen LogP contribution in [0.25, 0.3) is 6.08 Å². The fraction of sp³-hybridized carbons (Fsp3) is 0.273. The van der Waals surface area contributed by atoms with E-state index in [-0.39, 0.29) is 0 Å². The highest BCUT2D eigenvalue weighted by atomic mass is 16.5. The third-order valence-corrected chi connectivity index (χ3v) is 1.82. The van der Waals surface area contributed by atoms with E-state index in [4.69, 9.17) is 4.74 Å². The first-order valence-corrected chi connectivity index (χ1v) is 4.05. The van der Waals surface area contributed by atoms with E-state index in [0.717, 1.165) is 5.75 Å². The smallest absolute Gasteiger partial charge is 0.119 e. The van der Waals surface area contributed by atoms with Crippen molar-refractivity contribution in [3.8, 4) is 5.75 Å². The van der Waals surface area contributed by atoms with Crippen LogP contribution in [-0.4, -0.2) is 7.11 Å². The zero-order valence-electron chi connectivity index (χ0n) is 7.79. The number of methoxy groups -OCH3 is 1. The van der Waals surface area contributed by atoms with E-state index in [1.807, 2.05) is 25.1 Å². The van der Waals surface area contributed by atoms with Gasteiger partial charge in [-0.25, -0.2) is 0 Å². The molecule has 1 rings (SSSR count). The van der Waals surface area contributed by atoms with Crippen LogP contribution in [0.2, 0.25) is 0 Å². The zero-order chi connectivity index (χ0) is 8.97. The summed E-state index contributed by atoms with van der Waals surface area (Å²) in [6.07, 6.45) is 4.13. The minimum absolute atomic E-state index is 0.917. The summed E-state index contributed by atoms with van der Waals surface area (Å²) in [6, 6.07) is 6.08. The molecule has 0 N–H and O–H groups in total. The molecule has 0 unspecified atom stereocenters. The highest BCUT2D eigenvalue weighted by molar-refractivity contribution is 5.54. The minimum atomic E-state index is 0.917. The number of hydrogen-bond donors (Lipinski definition) is 0. The average molecular weight is 162 g/mol. The number of rotatable bonds is 2. The Balaban J connectivity index is 3.03. The summed E-state index contributed by atoms with van der Waals surface area (Å²) in [6.45, 7) is 4.10. The van der Waals surface area contributed by atoms with Gasteiger partial charge < -0.3 is 4.74 Å². The third-order valence-electron chi connectivity index (χ3n) is 1.82. The molecule has 0 fully saturated rings. The van der Waals surface area contributed by atoms with E-state index >= 15 is 0 Å². The summed E-state index contributed by atoms with van der Waals surface area (Å²) in [7, 11) is 1.68. The van der Waals surface area contributed by atoms with Crippen LogP contribution >= 0.6 is 0 Å². The van der Waals surface area contributed by atoms with Gasteiger partial charge in [0.15, 0.2) is 0 Å². The number of hydrogen-bond acceptors (Lipinski definition) is 1. The van der Waals surface area contributed by atoms with Crippen LogP contribution in [0.5, 0.6) is 5.75 Å². The Labute approximate surface area is 73.7 Å². The Morgan fingerprint density at radius 2 is 2.08 bits per heavy atom. The second-order valence-electron chi connectivity index (χ2n) is 2.72. The Morgan fingerprint density at radius 1 is 1.33 bits per heavy atom. The molecule has 0 bridgehead atoms. The first kappa shape index (κ1) is 8.85. The molecule has 0 heterocycles. The number of ether oxygens (including phenoxy) is 1. The largest absolute Gasteiger partial charge is 0.497 e. The highest BCUT2D eigenvalue weighted by Crippen LogP contribution is 2.17. The highest BCUT2D eigenvalue weighted by Gasteiger charge is 1.95. The number of allylic oxidation sites excluding steroid dienone is 1. The molecule has 0 saturated heterocycles. The Bertz CT molecular complexity index is 287. The average Bonchev–Trinajstić information content (AvgIpc) is 2.09. The summed E-state index contributed by atoms with van der Waals surface area (Å²) in [5.41, 5.74) is 2.49. The van der Waals surface area contributed by atoms with Gasteiger partial charge in [0, 0.05) is 0 Å². The monoisotopic (exact) mass is 162 g/mol. The molecule has 0 aliphatic heterocycles. The van der Waals surface area contributed by atoms with Crippen molar-refractivity contribution in [3.63, 3.8) is 0 Å².